The quantitative estimate of drug-likeness (QED) is 0.250. The number of nitrogens with one attached hydrogen (secondary N) is 1. The number of fused-ring (bicyclic) bond motifs is 1. The first kappa shape index (κ1) is 27.5. The number of para-hydroxylation sites is 1. The van der Waals surface area contributed by atoms with Gasteiger partial charge in [0.2, 0.25) is 0 Å². The summed E-state index contributed by atoms with van der Waals surface area (Å²) in [5, 5.41) is 14.4. The monoisotopic (exact) mass is 570 g/mol. The minimum absolute atomic E-state index is 0.119. The predicted molar refractivity (Wildman–Crippen MR) is 156 cm³/mol. The molecule has 11 heteroatoms. The maximum atomic E-state index is 13.9. The molecule has 1 aliphatic heterocycles. The number of rotatable bonds is 8. The first-order valence-corrected chi connectivity index (χ1v) is 13.6. The van der Waals surface area contributed by atoms with Crippen molar-refractivity contribution in [3.8, 4) is 11.5 Å². The highest BCUT2D eigenvalue weighted by molar-refractivity contribution is 7.07. The highest BCUT2D eigenvalue weighted by Crippen LogP contribution is 2.32. The zero-order valence-electron chi connectivity index (χ0n) is 22.5. The molecule has 1 aromatic heterocycles. The average Bonchev–Trinajstić information content (AvgIpc) is 3.27. The van der Waals surface area contributed by atoms with E-state index >= 15 is 0 Å². The molecule has 0 saturated carbocycles. The Kier molecular flexibility index (Phi) is 7.79. The molecule has 1 aliphatic rings. The van der Waals surface area contributed by atoms with Crippen LogP contribution in [0.15, 0.2) is 93.9 Å². The number of nitrogens with zero attached hydrogens (tertiary/aromatic N) is 3. The first-order chi connectivity index (χ1) is 19.8. The van der Waals surface area contributed by atoms with Gasteiger partial charge >= 0.3 is 5.69 Å². The minimum atomic E-state index is -0.766. The number of hydrogen-bond donors (Lipinski definition) is 1. The van der Waals surface area contributed by atoms with E-state index in [4.69, 9.17) is 9.47 Å². The Balaban J connectivity index is 1.66. The van der Waals surface area contributed by atoms with Gasteiger partial charge in [-0.1, -0.05) is 47.7 Å². The number of hydrogen-bond acceptors (Lipinski definition) is 8. The van der Waals surface area contributed by atoms with Crippen LogP contribution in [0.4, 0.5) is 11.4 Å². The second-order valence-corrected chi connectivity index (χ2v) is 10.1. The molecule has 0 fully saturated rings. The molecule has 0 radical (unpaired) electrons. The molecule has 41 heavy (non-hydrogen) atoms. The topological polar surface area (TPSA) is 125 Å². The fraction of sp³-hybridized carbons (Fsp3) is 0.167. The minimum Gasteiger partial charge on any atom is -0.494 e. The number of thiazole rings is 1. The maximum absolute atomic E-state index is 13.9. The van der Waals surface area contributed by atoms with Crippen LogP contribution < -0.4 is 29.7 Å². The summed E-state index contributed by atoms with van der Waals surface area (Å²) in [6.07, 6.45) is 1.58. The molecule has 208 valence electrons. The lowest BCUT2D eigenvalue weighted by Gasteiger charge is -2.25. The van der Waals surface area contributed by atoms with Gasteiger partial charge in [-0.3, -0.25) is 24.3 Å². The standard InChI is InChI=1S/C30H26N4O6S/c1-4-40-22-13-11-20(12-14-22)27-26(28(35)32-21-8-6-5-7-9-21)18(2)31-30-33(27)29(36)25(41-30)17-19-10-15-24(39-3)23(16-19)34(37)38/h5-17,27H,4H2,1-3H3,(H,32,35)/b25-17-/t27-/m0/s1. The molecule has 2 heterocycles. The number of amides is 1. The number of allylic oxidation sites excluding steroid dienone is 1. The SMILES string of the molecule is CCOc1ccc([C@H]2C(C(=O)Nc3ccccc3)=C(C)N=c3s/c(=C\c4ccc(OC)c([N+](=O)[O-])c4)c(=O)n32)cc1. The highest BCUT2D eigenvalue weighted by Gasteiger charge is 2.32. The van der Waals surface area contributed by atoms with Crippen molar-refractivity contribution >= 4 is 34.7 Å². The van der Waals surface area contributed by atoms with Crippen LogP contribution in [-0.4, -0.2) is 29.1 Å². The number of anilines is 1. The Hall–Kier alpha value is -5.03. The number of aromatic nitrogens is 1. The van der Waals surface area contributed by atoms with Gasteiger partial charge in [0.05, 0.1) is 40.5 Å². The molecule has 3 aromatic carbocycles. The van der Waals surface area contributed by atoms with Crippen molar-refractivity contribution in [2.45, 2.75) is 19.9 Å². The van der Waals surface area contributed by atoms with E-state index in [1.54, 1.807) is 43.3 Å². The lowest BCUT2D eigenvalue weighted by molar-refractivity contribution is -0.385. The van der Waals surface area contributed by atoms with Crippen LogP contribution in [0.5, 0.6) is 11.5 Å². The first-order valence-electron chi connectivity index (χ1n) is 12.7. The third-order valence-corrected chi connectivity index (χ3v) is 7.49. The third kappa shape index (κ3) is 5.52. The number of benzene rings is 3. The molecule has 4 aromatic rings. The molecular weight excluding hydrogens is 544 g/mol. The van der Waals surface area contributed by atoms with E-state index in [-0.39, 0.29) is 22.9 Å². The van der Waals surface area contributed by atoms with E-state index in [1.807, 2.05) is 37.3 Å². The summed E-state index contributed by atoms with van der Waals surface area (Å²) in [6, 6.07) is 20.0. The maximum Gasteiger partial charge on any atom is 0.311 e. The van der Waals surface area contributed by atoms with Gasteiger partial charge in [0, 0.05) is 11.8 Å². The van der Waals surface area contributed by atoms with Gasteiger partial charge in [0.15, 0.2) is 10.6 Å². The van der Waals surface area contributed by atoms with Gasteiger partial charge < -0.3 is 14.8 Å². The molecule has 0 bridgehead atoms. The van der Waals surface area contributed by atoms with Crippen molar-refractivity contribution in [2.75, 3.05) is 19.0 Å². The number of nitro benzene ring substituents is 1. The summed E-state index contributed by atoms with van der Waals surface area (Å²) in [5.74, 6) is 0.408. The van der Waals surface area contributed by atoms with Gasteiger partial charge in [-0.15, -0.1) is 0 Å². The number of methoxy groups -OCH3 is 1. The van der Waals surface area contributed by atoms with Gasteiger partial charge in [0.1, 0.15) is 5.75 Å². The molecule has 5 rings (SSSR count). The summed E-state index contributed by atoms with van der Waals surface area (Å²) >= 11 is 1.15. The van der Waals surface area contributed by atoms with Gasteiger partial charge in [-0.25, -0.2) is 4.99 Å². The molecule has 0 spiro atoms. The van der Waals surface area contributed by atoms with Crippen LogP contribution in [0.2, 0.25) is 0 Å². The normalized spacial score (nSPS) is 14.7. The lowest BCUT2D eigenvalue weighted by Crippen LogP contribution is -2.40. The Bertz CT molecular complexity index is 1840. The van der Waals surface area contributed by atoms with E-state index < -0.39 is 11.0 Å². The molecule has 0 aliphatic carbocycles. The van der Waals surface area contributed by atoms with Crippen LogP contribution in [0.25, 0.3) is 6.08 Å². The Morgan fingerprint density at radius 2 is 1.88 bits per heavy atom. The van der Waals surface area contributed by atoms with Crippen LogP contribution >= 0.6 is 11.3 Å². The highest BCUT2D eigenvalue weighted by atomic mass is 32.1. The van der Waals surface area contributed by atoms with E-state index in [0.29, 0.717) is 49.8 Å². The smallest absolute Gasteiger partial charge is 0.311 e. The molecular formula is C30H26N4O6S. The fourth-order valence-corrected chi connectivity index (χ4v) is 5.70. The average molecular weight is 571 g/mol. The van der Waals surface area contributed by atoms with Gasteiger partial charge in [-0.2, -0.15) is 0 Å². The van der Waals surface area contributed by atoms with E-state index in [9.17, 15) is 19.7 Å². The number of nitro groups is 1. The number of carbonyl (C=O) groups excluding carboxylic acids is 1. The van der Waals surface area contributed by atoms with Crippen LogP contribution in [0.3, 0.4) is 0 Å². The third-order valence-electron chi connectivity index (χ3n) is 6.50. The summed E-state index contributed by atoms with van der Waals surface area (Å²) < 4.78 is 12.5. The van der Waals surface area contributed by atoms with Crippen molar-refractivity contribution in [2.24, 2.45) is 4.99 Å². The summed E-state index contributed by atoms with van der Waals surface area (Å²) in [7, 11) is 1.36. The Morgan fingerprint density at radius 1 is 1.15 bits per heavy atom. The summed E-state index contributed by atoms with van der Waals surface area (Å²) in [5.41, 5.74) is 2.00. The molecule has 0 saturated heterocycles. The van der Waals surface area contributed by atoms with E-state index in [1.165, 1.54) is 23.8 Å². The van der Waals surface area contributed by atoms with Crippen molar-refractivity contribution in [3.63, 3.8) is 0 Å². The summed E-state index contributed by atoms with van der Waals surface area (Å²) in [6.45, 7) is 4.13. The van der Waals surface area contributed by atoms with Crippen molar-refractivity contribution < 1.29 is 19.2 Å². The molecule has 1 amide bonds. The summed E-state index contributed by atoms with van der Waals surface area (Å²) in [4.78, 5) is 43.6. The van der Waals surface area contributed by atoms with E-state index in [2.05, 4.69) is 10.3 Å². The largest absolute Gasteiger partial charge is 0.494 e. The second kappa shape index (κ2) is 11.6. The fourth-order valence-electron chi connectivity index (χ4n) is 4.65. The second-order valence-electron chi connectivity index (χ2n) is 9.09. The predicted octanol–water partition coefficient (Wildman–Crippen LogP) is 4.19. The van der Waals surface area contributed by atoms with E-state index in [0.717, 1.165) is 11.3 Å². The van der Waals surface area contributed by atoms with Crippen molar-refractivity contribution in [1.82, 2.24) is 4.57 Å². The Labute approximate surface area is 238 Å². The number of ether oxygens (including phenoxy) is 2. The molecule has 10 nitrogen and oxygen atoms in total. The zero-order valence-corrected chi connectivity index (χ0v) is 23.3. The Morgan fingerprint density at radius 3 is 2.54 bits per heavy atom. The van der Waals surface area contributed by atoms with Gasteiger partial charge in [0.25, 0.3) is 11.5 Å². The molecule has 1 N–H and O–H groups in total. The lowest BCUT2D eigenvalue weighted by atomic mass is 9.95. The molecule has 1 atom stereocenters. The van der Waals surface area contributed by atoms with Crippen LogP contribution in [0, 0.1) is 10.1 Å². The van der Waals surface area contributed by atoms with Crippen LogP contribution in [-0.2, 0) is 4.79 Å². The number of carbonyl (C=O) groups is 1. The molecule has 0 unspecified atom stereocenters. The van der Waals surface area contributed by atoms with Crippen molar-refractivity contribution in [1.29, 1.82) is 0 Å². The van der Waals surface area contributed by atoms with Crippen LogP contribution in [0.1, 0.15) is 31.0 Å². The zero-order chi connectivity index (χ0) is 29.1. The van der Waals surface area contributed by atoms with Gasteiger partial charge in [-0.05, 0) is 61.4 Å². The van der Waals surface area contributed by atoms with Crippen molar-refractivity contribution in [3.05, 3.63) is 125 Å².